The maximum Gasteiger partial charge on any atom is 0.417 e. The molecule has 0 N–H and O–H groups in total. The van der Waals surface area contributed by atoms with Crippen LogP contribution in [0.3, 0.4) is 0 Å². The molecular weight excluding hydrogens is 665 g/mol. The van der Waals surface area contributed by atoms with Crippen LogP contribution in [0.2, 0.25) is 0 Å². The fourth-order valence-corrected chi connectivity index (χ4v) is 10.8. The van der Waals surface area contributed by atoms with E-state index in [9.17, 15) is 0 Å². The van der Waals surface area contributed by atoms with Gasteiger partial charge in [0.2, 0.25) is 11.4 Å². The highest BCUT2D eigenvalue weighted by Gasteiger charge is 2.67. The van der Waals surface area contributed by atoms with E-state index in [2.05, 4.69) is 164 Å². The molecule has 3 nitrogen and oxygen atoms in total. The van der Waals surface area contributed by atoms with Gasteiger partial charge in [0.25, 0.3) is 0 Å². The highest BCUT2D eigenvalue weighted by molar-refractivity contribution is 7.20. The molecule has 6 heterocycles. The van der Waals surface area contributed by atoms with E-state index < -0.39 is 5.66 Å². The van der Waals surface area contributed by atoms with Gasteiger partial charge in [-0.1, -0.05) is 56.7 Å². The quantitative estimate of drug-likeness (QED) is 0.164. The highest BCUT2D eigenvalue weighted by atomic mass is 32.1. The molecule has 0 saturated carbocycles. The first-order valence-corrected chi connectivity index (χ1v) is 19.8. The van der Waals surface area contributed by atoms with Gasteiger partial charge >= 0.3 is 5.66 Å². The maximum atomic E-state index is 7.27. The normalized spacial score (nSPS) is 15.9. The van der Waals surface area contributed by atoms with Gasteiger partial charge in [-0.2, -0.15) is 0 Å². The van der Waals surface area contributed by atoms with Crippen LogP contribution in [0.15, 0.2) is 89.6 Å². The number of hydrogen-bond donors (Lipinski definition) is 0. The summed E-state index contributed by atoms with van der Waals surface area (Å²) < 4.78 is 13.7. The minimum atomic E-state index is -0.635. The molecule has 0 amide bonds. The Bertz CT molecular complexity index is 2910. The number of fused-ring (bicyclic) bond motifs is 16. The summed E-state index contributed by atoms with van der Waals surface area (Å²) in [6.07, 6.45) is 5.87. The Morgan fingerprint density at radius 3 is 2.08 bits per heavy atom. The lowest BCUT2D eigenvalue weighted by molar-refractivity contribution is -0.955. The molecule has 4 heteroatoms. The Kier molecular flexibility index (Phi) is 6.62. The van der Waals surface area contributed by atoms with Crippen LogP contribution in [0.1, 0.15) is 75.7 Å². The Morgan fingerprint density at radius 2 is 1.32 bits per heavy atom. The molecule has 0 aliphatic carbocycles. The first-order valence-electron chi connectivity index (χ1n) is 19.0. The SMILES string of the molecule is Cc1ccc2c(c1)C1(c3ccc4c(oc5c4ccc4c(C)c(C)sc45)c3-c3cc(-c4c(C)cccc4C)c(CC(C)(C)C)c[n+]31)[n+]1cc(C)c(C)cc1-2. The third-order valence-corrected chi connectivity index (χ3v) is 13.5. The van der Waals surface area contributed by atoms with Crippen LogP contribution < -0.4 is 9.13 Å². The summed E-state index contributed by atoms with van der Waals surface area (Å²) in [4.78, 5) is 1.35. The van der Waals surface area contributed by atoms with Gasteiger partial charge in [-0.3, -0.25) is 0 Å². The monoisotopic (exact) mass is 710 g/mol. The van der Waals surface area contributed by atoms with Crippen LogP contribution in [0.25, 0.3) is 65.7 Å². The van der Waals surface area contributed by atoms with Crippen LogP contribution in [-0.4, -0.2) is 0 Å². The molecule has 10 rings (SSSR count). The third kappa shape index (κ3) is 4.27. The lowest BCUT2D eigenvalue weighted by Crippen LogP contribution is -2.71. The number of nitrogens with zero attached hydrogens (tertiary/aromatic N) is 2. The number of pyridine rings is 2. The van der Waals surface area contributed by atoms with Gasteiger partial charge in [-0.05, 0) is 129 Å². The summed E-state index contributed by atoms with van der Waals surface area (Å²) >= 11 is 1.85. The van der Waals surface area contributed by atoms with Gasteiger partial charge in [-0.15, -0.1) is 20.5 Å². The summed E-state index contributed by atoms with van der Waals surface area (Å²) in [5.74, 6) is 0. The van der Waals surface area contributed by atoms with Gasteiger partial charge < -0.3 is 4.42 Å². The summed E-state index contributed by atoms with van der Waals surface area (Å²) in [7, 11) is 0. The van der Waals surface area contributed by atoms with Crippen molar-refractivity contribution < 1.29 is 13.6 Å². The predicted octanol–water partition coefficient (Wildman–Crippen LogP) is 12.0. The van der Waals surface area contributed by atoms with E-state index in [1.807, 2.05) is 11.3 Å². The van der Waals surface area contributed by atoms with Crippen molar-refractivity contribution in [2.75, 3.05) is 0 Å². The van der Waals surface area contributed by atoms with Crippen LogP contribution in [0, 0.1) is 53.9 Å². The Morgan fingerprint density at radius 1 is 0.623 bits per heavy atom. The molecular formula is C49H46N2OS+2. The third-order valence-electron chi connectivity index (χ3n) is 12.3. The van der Waals surface area contributed by atoms with Gasteiger partial charge in [0, 0.05) is 38.9 Å². The smallest absolute Gasteiger partial charge is 0.417 e. The summed E-state index contributed by atoms with van der Waals surface area (Å²) in [5, 5.41) is 3.65. The van der Waals surface area contributed by atoms with Crippen molar-refractivity contribution >= 4 is 43.4 Å². The van der Waals surface area contributed by atoms with Gasteiger partial charge in [-0.25, -0.2) is 0 Å². The van der Waals surface area contributed by atoms with Gasteiger partial charge in [0.1, 0.15) is 22.3 Å². The van der Waals surface area contributed by atoms with Crippen LogP contribution >= 0.6 is 11.3 Å². The molecule has 4 aromatic heterocycles. The first-order chi connectivity index (χ1) is 25.3. The van der Waals surface area contributed by atoms with E-state index >= 15 is 0 Å². The number of thiophene rings is 1. The Hall–Kier alpha value is -5.06. The molecule has 1 unspecified atom stereocenters. The van der Waals surface area contributed by atoms with E-state index in [0.29, 0.717) is 0 Å². The Labute approximate surface area is 316 Å². The first kappa shape index (κ1) is 32.6. The molecule has 2 aliphatic rings. The van der Waals surface area contributed by atoms with Crippen molar-refractivity contribution in [3.05, 3.63) is 140 Å². The molecule has 262 valence electrons. The number of rotatable bonds is 2. The van der Waals surface area contributed by atoms with E-state index in [0.717, 1.165) is 17.6 Å². The molecule has 4 aromatic carbocycles. The average molecular weight is 711 g/mol. The lowest BCUT2D eigenvalue weighted by Gasteiger charge is -2.23. The lowest BCUT2D eigenvalue weighted by atomic mass is 9.83. The number of furan rings is 1. The van der Waals surface area contributed by atoms with Crippen molar-refractivity contribution in [1.82, 2.24) is 0 Å². The van der Waals surface area contributed by atoms with E-state index in [-0.39, 0.29) is 5.41 Å². The van der Waals surface area contributed by atoms with Crippen molar-refractivity contribution in [3.8, 4) is 33.6 Å². The number of aromatic nitrogens is 2. The number of aryl methyl sites for hydroxylation is 7. The molecule has 8 aromatic rings. The highest BCUT2D eigenvalue weighted by Crippen LogP contribution is 2.53. The standard InChI is InChI=1S/C49H46N2OS/c1-26-14-15-37-40(20-26)49(50-24-30(5)29(4)21-41(37)50)39-19-18-35-36-17-16-34-31(6)32(7)53-47(34)46(36)52-45(35)44(39)42-22-38(43-27(2)12-11-13-28(43)3)33(25-51(42)49)23-48(8,9)10/h11-22,24-25H,23H2,1-10H3/q+2. The van der Waals surface area contributed by atoms with Crippen LogP contribution in [0.5, 0.6) is 0 Å². The Balaban J connectivity index is 1.43. The van der Waals surface area contributed by atoms with Crippen LogP contribution in [-0.2, 0) is 12.1 Å². The number of benzene rings is 4. The second-order valence-electron chi connectivity index (χ2n) is 17.2. The summed E-state index contributed by atoms with van der Waals surface area (Å²) in [6, 6.07) is 28.0. The van der Waals surface area contributed by atoms with E-state index in [1.165, 1.54) is 109 Å². The van der Waals surface area contributed by atoms with Crippen molar-refractivity contribution in [3.63, 3.8) is 0 Å². The predicted molar refractivity (Wildman–Crippen MR) is 220 cm³/mol. The molecule has 2 aliphatic heterocycles. The zero-order chi connectivity index (χ0) is 36.9. The topological polar surface area (TPSA) is 20.9 Å². The van der Waals surface area contributed by atoms with E-state index in [1.54, 1.807) is 0 Å². The molecule has 1 atom stereocenters. The fourth-order valence-electron chi connectivity index (χ4n) is 9.66. The zero-order valence-corrected chi connectivity index (χ0v) is 33.3. The second kappa shape index (κ2) is 10.8. The fraction of sp³-hybridized carbons (Fsp3) is 0.265. The van der Waals surface area contributed by atoms with Crippen LogP contribution in [0.4, 0.5) is 0 Å². The average Bonchev–Trinajstić information content (AvgIpc) is 3.79. The molecule has 53 heavy (non-hydrogen) atoms. The van der Waals surface area contributed by atoms with Crippen molar-refractivity contribution in [2.24, 2.45) is 5.41 Å². The zero-order valence-electron chi connectivity index (χ0n) is 32.5. The molecule has 1 spiro atoms. The van der Waals surface area contributed by atoms with E-state index in [4.69, 9.17) is 4.42 Å². The largest absolute Gasteiger partial charge is 0.454 e. The van der Waals surface area contributed by atoms with Crippen molar-refractivity contribution in [2.45, 2.75) is 81.3 Å². The summed E-state index contributed by atoms with van der Waals surface area (Å²) in [5.41, 5.74) is 20.8. The molecule has 0 bridgehead atoms. The number of hydrogen-bond acceptors (Lipinski definition) is 2. The molecule has 0 saturated heterocycles. The molecule has 0 radical (unpaired) electrons. The van der Waals surface area contributed by atoms with Crippen molar-refractivity contribution in [1.29, 1.82) is 0 Å². The minimum Gasteiger partial charge on any atom is -0.454 e. The van der Waals surface area contributed by atoms with Gasteiger partial charge in [0.05, 0.1) is 10.3 Å². The van der Waals surface area contributed by atoms with Gasteiger partial charge in [0.15, 0.2) is 18.0 Å². The second-order valence-corrected chi connectivity index (χ2v) is 18.4. The maximum absolute atomic E-state index is 7.27. The minimum absolute atomic E-state index is 0.0794. The summed E-state index contributed by atoms with van der Waals surface area (Å²) in [6.45, 7) is 22.8. The molecule has 0 fully saturated rings.